The summed E-state index contributed by atoms with van der Waals surface area (Å²) < 4.78 is 28.3. The molecule has 0 radical (unpaired) electrons. The molecule has 10 heteroatoms. The van der Waals surface area contributed by atoms with E-state index in [9.17, 15) is 18.5 Å². The van der Waals surface area contributed by atoms with E-state index in [1.54, 1.807) is 6.92 Å². The van der Waals surface area contributed by atoms with E-state index in [-0.39, 0.29) is 12.6 Å². The van der Waals surface area contributed by atoms with Crippen LogP contribution in [0.4, 0.5) is 5.82 Å². The molecule has 1 rings (SSSR count). The van der Waals surface area contributed by atoms with E-state index < -0.39 is 25.7 Å². The van der Waals surface area contributed by atoms with Crippen LogP contribution in [0.1, 0.15) is 13.0 Å². The molecule has 1 unspecified atom stereocenters. The highest BCUT2D eigenvalue weighted by atomic mass is 32.2. The van der Waals surface area contributed by atoms with Crippen LogP contribution in [0.3, 0.4) is 0 Å². The predicted molar refractivity (Wildman–Crippen MR) is 56.8 cm³/mol. The van der Waals surface area contributed by atoms with E-state index in [0.717, 1.165) is 10.9 Å². The summed E-state index contributed by atoms with van der Waals surface area (Å²) in [6.45, 7) is 1.91. The average Bonchev–Trinajstić information content (AvgIpc) is 2.61. The van der Waals surface area contributed by atoms with Gasteiger partial charge < -0.3 is 14.9 Å². The van der Waals surface area contributed by atoms with Gasteiger partial charge in [0.15, 0.2) is 0 Å². The zero-order valence-electron chi connectivity index (χ0n) is 9.23. The molecule has 0 saturated carbocycles. The quantitative estimate of drug-likeness (QED) is 0.571. The molecule has 0 bridgehead atoms. The molecule has 0 aromatic carbocycles. The number of sulfonamides is 1. The van der Waals surface area contributed by atoms with Crippen LogP contribution in [0.2, 0.25) is 0 Å². The van der Waals surface area contributed by atoms with Crippen molar-refractivity contribution in [1.82, 2.24) is 9.78 Å². The van der Waals surface area contributed by atoms with Crippen LogP contribution in [-0.2, 0) is 14.8 Å². The summed E-state index contributed by atoms with van der Waals surface area (Å²) in [6, 6.07) is -0.339. The Kier molecular flexibility index (Phi) is 3.80. The van der Waals surface area contributed by atoms with Crippen LogP contribution in [0.25, 0.3) is 0 Å². The molecular weight excluding hydrogens is 252 g/mol. The Morgan fingerprint density at radius 1 is 1.71 bits per heavy atom. The number of nitro groups is 1. The Morgan fingerprint density at radius 3 is 2.65 bits per heavy atom. The topological polar surface area (TPSA) is 130 Å². The van der Waals surface area contributed by atoms with Crippen molar-refractivity contribution in [3.8, 4) is 0 Å². The lowest BCUT2D eigenvalue weighted by Crippen LogP contribution is -2.13. The largest absolute Gasteiger partial charge is 0.410 e. The molecule has 0 spiro atoms. The zero-order chi connectivity index (χ0) is 13.2. The number of methoxy groups -OCH3 is 1. The van der Waals surface area contributed by atoms with Crippen LogP contribution in [-0.4, -0.2) is 36.8 Å². The Labute approximate surface area is 97.4 Å². The Balaban J connectivity index is 3.27. The van der Waals surface area contributed by atoms with Crippen molar-refractivity contribution in [2.45, 2.75) is 17.9 Å². The second kappa shape index (κ2) is 4.77. The highest BCUT2D eigenvalue weighted by molar-refractivity contribution is 7.89. The molecular formula is C7H12N4O5S. The lowest BCUT2D eigenvalue weighted by Gasteiger charge is -2.05. The van der Waals surface area contributed by atoms with E-state index in [2.05, 4.69) is 5.10 Å². The molecule has 0 fully saturated rings. The van der Waals surface area contributed by atoms with Gasteiger partial charge in [-0.1, -0.05) is 0 Å². The van der Waals surface area contributed by atoms with E-state index in [1.807, 2.05) is 0 Å². The van der Waals surface area contributed by atoms with Crippen LogP contribution >= 0.6 is 0 Å². The third-order valence-corrected chi connectivity index (χ3v) is 2.92. The first-order valence-electron chi connectivity index (χ1n) is 4.52. The van der Waals surface area contributed by atoms with Crippen molar-refractivity contribution in [3.63, 3.8) is 0 Å². The second-order valence-corrected chi connectivity index (χ2v) is 4.93. The molecule has 2 N–H and O–H groups in total. The second-order valence-electron chi connectivity index (χ2n) is 3.40. The maximum absolute atomic E-state index is 11.1. The van der Waals surface area contributed by atoms with E-state index in [1.165, 1.54) is 7.11 Å². The zero-order valence-corrected chi connectivity index (χ0v) is 10.0. The van der Waals surface area contributed by atoms with Gasteiger partial charge in [0.2, 0.25) is 14.9 Å². The molecule has 1 aromatic rings. The lowest BCUT2D eigenvalue weighted by molar-refractivity contribution is -0.392. The number of aromatic nitrogens is 2. The number of nitrogens with zero attached hydrogens (tertiary/aromatic N) is 3. The first kappa shape index (κ1) is 13.5. The van der Waals surface area contributed by atoms with Crippen LogP contribution in [0.15, 0.2) is 11.1 Å². The monoisotopic (exact) mass is 264 g/mol. The number of rotatable bonds is 5. The molecule has 0 aliphatic rings. The average molecular weight is 264 g/mol. The van der Waals surface area contributed by atoms with Crippen LogP contribution < -0.4 is 5.14 Å². The molecule has 17 heavy (non-hydrogen) atoms. The molecule has 1 aromatic heterocycles. The number of nitrogens with two attached hydrogens (primary N) is 1. The fourth-order valence-corrected chi connectivity index (χ4v) is 1.86. The molecule has 0 amide bonds. The van der Waals surface area contributed by atoms with Gasteiger partial charge in [-0.3, -0.25) is 0 Å². The van der Waals surface area contributed by atoms with Gasteiger partial charge in [0, 0.05) is 7.11 Å². The number of hydrogen-bond acceptors (Lipinski definition) is 6. The van der Waals surface area contributed by atoms with Crippen molar-refractivity contribution in [2.24, 2.45) is 5.14 Å². The van der Waals surface area contributed by atoms with Gasteiger partial charge in [0.1, 0.15) is 0 Å². The summed E-state index contributed by atoms with van der Waals surface area (Å²) in [7, 11) is -2.72. The normalized spacial score (nSPS) is 13.6. The lowest BCUT2D eigenvalue weighted by atomic mass is 10.4. The number of ether oxygens (including phenoxy) is 1. The van der Waals surface area contributed by atoms with E-state index in [4.69, 9.17) is 9.88 Å². The maximum atomic E-state index is 11.1. The third-order valence-electron chi connectivity index (χ3n) is 2.02. The van der Waals surface area contributed by atoms with Crippen molar-refractivity contribution in [2.75, 3.05) is 13.7 Å². The van der Waals surface area contributed by atoms with Crippen LogP contribution in [0, 0.1) is 10.1 Å². The summed E-state index contributed by atoms with van der Waals surface area (Å²) in [6.07, 6.45) is 1.02. The number of hydrogen-bond donors (Lipinski definition) is 1. The predicted octanol–water partition coefficient (Wildman–Crippen LogP) is -0.354. The van der Waals surface area contributed by atoms with E-state index in [0.29, 0.717) is 0 Å². The van der Waals surface area contributed by atoms with Gasteiger partial charge in [0.05, 0.1) is 23.9 Å². The minimum absolute atomic E-state index is 0.239. The summed E-state index contributed by atoms with van der Waals surface area (Å²) in [5.74, 6) is -0.782. The molecule has 0 aliphatic carbocycles. The van der Waals surface area contributed by atoms with Gasteiger partial charge >= 0.3 is 5.82 Å². The van der Waals surface area contributed by atoms with Crippen LogP contribution in [0.5, 0.6) is 0 Å². The van der Waals surface area contributed by atoms with Crippen molar-refractivity contribution >= 4 is 15.8 Å². The summed E-state index contributed by atoms with van der Waals surface area (Å²) in [4.78, 5) is 9.14. The summed E-state index contributed by atoms with van der Waals surface area (Å²) in [5, 5.41) is 19.1. The first-order chi connectivity index (χ1) is 7.77. The molecule has 96 valence electrons. The molecule has 1 atom stereocenters. The Hall–Kier alpha value is -1.52. The first-order valence-corrected chi connectivity index (χ1v) is 6.07. The van der Waals surface area contributed by atoms with Gasteiger partial charge in [-0.05, 0) is 11.8 Å². The Morgan fingerprint density at radius 2 is 2.29 bits per heavy atom. The SMILES string of the molecule is COCC(C)n1cc(S(N)(=O)=O)c([N+](=O)[O-])n1. The standard InChI is InChI=1S/C7H12N4O5S/c1-5(4-16-2)10-3-6(17(8,14)15)7(9-10)11(12)13/h3,5H,4H2,1-2H3,(H2,8,14,15). The number of primary sulfonamides is 1. The molecule has 1 heterocycles. The van der Waals surface area contributed by atoms with Gasteiger partial charge in [-0.2, -0.15) is 4.68 Å². The third kappa shape index (κ3) is 2.99. The summed E-state index contributed by atoms with van der Waals surface area (Å²) in [5.41, 5.74) is 0. The molecule has 0 saturated heterocycles. The summed E-state index contributed by atoms with van der Waals surface area (Å²) >= 11 is 0. The van der Waals surface area contributed by atoms with Gasteiger partial charge in [-0.15, -0.1) is 0 Å². The van der Waals surface area contributed by atoms with Gasteiger partial charge in [-0.25, -0.2) is 13.6 Å². The minimum atomic E-state index is -4.17. The minimum Gasteiger partial charge on any atom is -0.382 e. The molecule has 0 aliphatic heterocycles. The molecule has 9 nitrogen and oxygen atoms in total. The fourth-order valence-electron chi connectivity index (χ4n) is 1.24. The Bertz CT molecular complexity index is 522. The van der Waals surface area contributed by atoms with Gasteiger partial charge in [0.25, 0.3) is 0 Å². The smallest absolute Gasteiger partial charge is 0.382 e. The fraction of sp³-hybridized carbons (Fsp3) is 0.571. The van der Waals surface area contributed by atoms with Crippen molar-refractivity contribution in [1.29, 1.82) is 0 Å². The highest BCUT2D eigenvalue weighted by Gasteiger charge is 2.30. The van der Waals surface area contributed by atoms with Crippen molar-refractivity contribution < 1.29 is 18.1 Å². The van der Waals surface area contributed by atoms with E-state index >= 15 is 0 Å². The maximum Gasteiger partial charge on any atom is 0.410 e. The highest BCUT2D eigenvalue weighted by Crippen LogP contribution is 2.22. The van der Waals surface area contributed by atoms with Crippen molar-refractivity contribution in [3.05, 3.63) is 16.3 Å².